The molecule has 0 amide bonds. The maximum Gasteiger partial charge on any atom is 0.314 e. The van der Waals surface area contributed by atoms with Crippen LogP contribution >= 0.6 is 0 Å². The molecule has 98 valence electrons. The summed E-state index contributed by atoms with van der Waals surface area (Å²) < 4.78 is 16.0. The Bertz CT molecular complexity index is 449. The molecule has 2 N–H and O–H groups in total. The van der Waals surface area contributed by atoms with E-state index in [-0.39, 0.29) is 11.4 Å². The zero-order valence-corrected chi connectivity index (χ0v) is 9.76. The van der Waals surface area contributed by atoms with Crippen LogP contribution < -0.4 is 19.9 Å². The number of hydrogen-bond donors (Lipinski definition) is 1. The minimum Gasteiger partial charge on any atom is -0.487 e. The number of nitro groups is 1. The molecular formula is C11H14N2O5. The first kappa shape index (κ1) is 12.4. The summed E-state index contributed by atoms with van der Waals surface area (Å²) in [4.78, 5) is 10.4. The van der Waals surface area contributed by atoms with E-state index >= 15 is 0 Å². The lowest BCUT2D eigenvalue weighted by molar-refractivity contribution is -0.386. The molecule has 2 rings (SSSR count). The van der Waals surface area contributed by atoms with Crippen molar-refractivity contribution in [2.75, 3.05) is 26.4 Å². The maximum atomic E-state index is 10.9. The van der Waals surface area contributed by atoms with Crippen molar-refractivity contribution in [3.05, 3.63) is 22.2 Å². The molecule has 1 aromatic rings. The minimum absolute atomic E-state index is 0.128. The van der Waals surface area contributed by atoms with Gasteiger partial charge in [0.25, 0.3) is 0 Å². The zero-order valence-electron chi connectivity index (χ0n) is 9.76. The van der Waals surface area contributed by atoms with E-state index in [1.807, 2.05) is 0 Å². The third kappa shape index (κ3) is 2.62. The highest BCUT2D eigenvalue weighted by atomic mass is 16.6. The summed E-state index contributed by atoms with van der Waals surface area (Å²) in [5.74, 6) is 1.02. The van der Waals surface area contributed by atoms with Gasteiger partial charge in [-0.25, -0.2) is 0 Å². The van der Waals surface area contributed by atoms with Crippen LogP contribution in [-0.2, 0) is 0 Å². The highest BCUT2D eigenvalue weighted by Crippen LogP contribution is 2.40. The lowest BCUT2D eigenvalue weighted by Crippen LogP contribution is -2.16. The van der Waals surface area contributed by atoms with E-state index in [0.717, 1.165) is 0 Å². The van der Waals surface area contributed by atoms with E-state index in [2.05, 4.69) is 0 Å². The number of rotatable bonds is 5. The van der Waals surface area contributed by atoms with Crippen LogP contribution in [0.2, 0.25) is 0 Å². The van der Waals surface area contributed by atoms with Crippen molar-refractivity contribution in [1.82, 2.24) is 0 Å². The largest absolute Gasteiger partial charge is 0.487 e. The molecule has 0 fully saturated rings. The predicted molar refractivity (Wildman–Crippen MR) is 63.3 cm³/mol. The smallest absolute Gasteiger partial charge is 0.314 e. The molecule has 18 heavy (non-hydrogen) atoms. The van der Waals surface area contributed by atoms with Crippen LogP contribution in [0.5, 0.6) is 17.2 Å². The number of nitrogens with zero attached hydrogens (tertiary/aromatic N) is 1. The van der Waals surface area contributed by atoms with Gasteiger partial charge in [-0.2, -0.15) is 0 Å². The van der Waals surface area contributed by atoms with Crippen LogP contribution in [0.3, 0.4) is 0 Å². The van der Waals surface area contributed by atoms with Gasteiger partial charge < -0.3 is 19.9 Å². The molecule has 0 atom stereocenters. The molecule has 0 aromatic heterocycles. The van der Waals surface area contributed by atoms with Gasteiger partial charge in [0.05, 0.1) is 17.6 Å². The number of nitrogens with two attached hydrogens (primary N) is 1. The van der Waals surface area contributed by atoms with Crippen molar-refractivity contribution in [1.29, 1.82) is 0 Å². The zero-order chi connectivity index (χ0) is 13.0. The molecule has 0 spiro atoms. The van der Waals surface area contributed by atoms with E-state index in [1.54, 1.807) is 0 Å². The quantitative estimate of drug-likeness (QED) is 0.480. The fraction of sp³-hybridized carbons (Fsp3) is 0.455. The van der Waals surface area contributed by atoms with Gasteiger partial charge in [-0.1, -0.05) is 0 Å². The molecule has 0 radical (unpaired) electrons. The number of hydrogen-bond acceptors (Lipinski definition) is 6. The molecule has 7 heteroatoms. The van der Waals surface area contributed by atoms with Crippen molar-refractivity contribution in [2.45, 2.75) is 6.42 Å². The summed E-state index contributed by atoms with van der Waals surface area (Å²) >= 11 is 0. The van der Waals surface area contributed by atoms with Crippen LogP contribution in [0.25, 0.3) is 0 Å². The Balaban J connectivity index is 2.27. The number of nitro benzene ring substituents is 1. The average Bonchev–Trinajstić information content (AvgIpc) is 2.38. The molecule has 0 bridgehead atoms. The molecule has 1 aromatic carbocycles. The first-order valence-corrected chi connectivity index (χ1v) is 5.63. The van der Waals surface area contributed by atoms with E-state index < -0.39 is 4.92 Å². The summed E-state index contributed by atoms with van der Waals surface area (Å²) in [5.41, 5.74) is 5.21. The highest BCUT2D eigenvalue weighted by molar-refractivity contribution is 5.58. The summed E-state index contributed by atoms with van der Waals surface area (Å²) in [6, 6.07) is 2.81. The lowest BCUT2D eigenvalue weighted by Gasteiger charge is -2.19. The highest BCUT2D eigenvalue weighted by Gasteiger charge is 2.23. The van der Waals surface area contributed by atoms with Gasteiger partial charge in [0.2, 0.25) is 5.75 Å². The molecule has 7 nitrogen and oxygen atoms in total. The minimum atomic E-state index is -0.504. The molecule has 0 aliphatic carbocycles. The number of benzene rings is 1. The standard InChI is InChI=1S/C11H14N2O5/c12-2-1-3-16-9-7-11-10(17-4-5-18-11)6-8(9)13(14)15/h6-7H,1-5,12H2. The Labute approximate surface area is 104 Å². The van der Waals surface area contributed by atoms with Crippen LogP contribution in [0, 0.1) is 10.1 Å². The Kier molecular flexibility index (Phi) is 3.83. The Morgan fingerprint density at radius 3 is 2.61 bits per heavy atom. The second-order valence-corrected chi connectivity index (χ2v) is 3.71. The van der Waals surface area contributed by atoms with Gasteiger partial charge in [0, 0.05) is 6.07 Å². The van der Waals surface area contributed by atoms with Gasteiger partial charge >= 0.3 is 5.69 Å². The van der Waals surface area contributed by atoms with Crippen LogP contribution in [0.1, 0.15) is 6.42 Å². The van der Waals surface area contributed by atoms with Crippen molar-refractivity contribution in [3.63, 3.8) is 0 Å². The van der Waals surface area contributed by atoms with Gasteiger partial charge in [-0.3, -0.25) is 10.1 Å². The SMILES string of the molecule is NCCCOc1cc2c(cc1[N+](=O)[O-])OCCO2. The van der Waals surface area contributed by atoms with Crippen molar-refractivity contribution in [3.8, 4) is 17.2 Å². The first-order valence-electron chi connectivity index (χ1n) is 5.63. The van der Waals surface area contributed by atoms with Crippen molar-refractivity contribution in [2.24, 2.45) is 5.73 Å². The fourth-order valence-electron chi connectivity index (χ4n) is 1.58. The van der Waals surface area contributed by atoms with Gasteiger partial charge in [-0.15, -0.1) is 0 Å². The predicted octanol–water partition coefficient (Wildman–Crippen LogP) is 1.09. The maximum absolute atomic E-state index is 10.9. The monoisotopic (exact) mass is 254 g/mol. The van der Waals surface area contributed by atoms with Crippen molar-refractivity contribution < 1.29 is 19.1 Å². The molecule has 0 saturated carbocycles. The van der Waals surface area contributed by atoms with Crippen molar-refractivity contribution >= 4 is 5.69 Å². The molecule has 1 aliphatic rings. The second kappa shape index (κ2) is 5.54. The third-order valence-corrected chi connectivity index (χ3v) is 2.43. The van der Waals surface area contributed by atoms with E-state index in [1.165, 1.54) is 12.1 Å². The first-order chi connectivity index (χ1) is 8.72. The van der Waals surface area contributed by atoms with Gasteiger partial charge in [-0.05, 0) is 13.0 Å². The van der Waals surface area contributed by atoms with E-state index in [0.29, 0.717) is 44.3 Å². The van der Waals surface area contributed by atoms with Crippen LogP contribution in [0.15, 0.2) is 12.1 Å². The third-order valence-electron chi connectivity index (χ3n) is 2.43. The molecule has 0 unspecified atom stereocenters. The second-order valence-electron chi connectivity index (χ2n) is 3.71. The molecule has 1 heterocycles. The average molecular weight is 254 g/mol. The van der Waals surface area contributed by atoms with Gasteiger partial charge in [0.15, 0.2) is 11.5 Å². The summed E-state index contributed by atoms with van der Waals surface area (Å²) in [6.07, 6.45) is 0.631. The Morgan fingerprint density at radius 2 is 2.00 bits per heavy atom. The summed E-state index contributed by atoms with van der Waals surface area (Å²) in [6.45, 7) is 1.61. The van der Waals surface area contributed by atoms with E-state index in [4.69, 9.17) is 19.9 Å². The molecule has 1 aliphatic heterocycles. The topological polar surface area (TPSA) is 96.9 Å². The lowest BCUT2D eigenvalue weighted by atomic mass is 10.2. The van der Waals surface area contributed by atoms with E-state index in [9.17, 15) is 10.1 Å². The number of fused-ring (bicyclic) bond motifs is 1. The molecular weight excluding hydrogens is 240 g/mol. The fourth-order valence-corrected chi connectivity index (χ4v) is 1.58. The number of ether oxygens (including phenoxy) is 3. The Morgan fingerprint density at radius 1 is 1.33 bits per heavy atom. The van der Waals surface area contributed by atoms with Crippen LogP contribution in [0.4, 0.5) is 5.69 Å². The summed E-state index contributed by atoms with van der Waals surface area (Å²) in [7, 11) is 0. The summed E-state index contributed by atoms with van der Waals surface area (Å²) in [5, 5.41) is 10.9. The molecule has 0 saturated heterocycles. The Hall–Kier alpha value is -2.02. The van der Waals surface area contributed by atoms with Gasteiger partial charge in [0.1, 0.15) is 13.2 Å². The van der Waals surface area contributed by atoms with Crippen LogP contribution in [-0.4, -0.2) is 31.3 Å². The normalized spacial score (nSPS) is 13.2.